The molecule has 0 bridgehead atoms. The molecule has 0 fully saturated rings. The van der Waals surface area contributed by atoms with E-state index in [1.54, 1.807) is 7.11 Å². The van der Waals surface area contributed by atoms with Gasteiger partial charge in [-0.3, -0.25) is 10.9 Å². The Morgan fingerprint density at radius 2 is 2.06 bits per heavy atom. The number of nitrogens with one attached hydrogen (secondary N) is 2. The van der Waals surface area contributed by atoms with Gasteiger partial charge in [-0.2, -0.15) is 5.10 Å². The van der Waals surface area contributed by atoms with Crippen molar-refractivity contribution in [1.82, 2.24) is 10.9 Å². The molecule has 0 spiro atoms. The summed E-state index contributed by atoms with van der Waals surface area (Å²) < 4.78 is 5.11. The van der Waals surface area contributed by atoms with Gasteiger partial charge in [0.1, 0.15) is 5.75 Å². The van der Waals surface area contributed by atoms with Gasteiger partial charge in [0, 0.05) is 5.71 Å². The lowest BCUT2D eigenvalue weighted by molar-refractivity contribution is 0.414. The Balaban J connectivity index is 2.41. The maximum atomic E-state index is 5.12. The fourth-order valence-corrected chi connectivity index (χ4v) is 1.40. The molecule has 0 aliphatic carbocycles. The summed E-state index contributed by atoms with van der Waals surface area (Å²) in [5.41, 5.74) is 7.16. The molecule has 98 valence electrons. The third-order valence-electron chi connectivity index (χ3n) is 2.41. The zero-order chi connectivity index (χ0) is 13.4. The summed E-state index contributed by atoms with van der Waals surface area (Å²) in [4.78, 5) is 0. The molecule has 0 atom stereocenters. The topological polar surface area (TPSA) is 71.7 Å². The summed E-state index contributed by atoms with van der Waals surface area (Å²) in [7, 11) is 1.66. The number of methoxy groups -OCH3 is 1. The van der Waals surface area contributed by atoms with Gasteiger partial charge in [0.05, 0.1) is 7.11 Å². The standard InChI is InChI=1S/C12H18N4OS/c1-9(15-16-12(18)14-13)3-4-10-5-7-11(17-2)8-6-10/h5-8H,3-4,13H2,1-2H3,(H2,14,16,18)/b15-9+. The molecule has 4 N–H and O–H groups in total. The van der Waals surface area contributed by atoms with Crippen LogP contribution in [0.4, 0.5) is 0 Å². The molecule has 0 aliphatic heterocycles. The van der Waals surface area contributed by atoms with Crippen LogP contribution in [0.15, 0.2) is 29.4 Å². The first-order valence-corrected chi connectivity index (χ1v) is 5.99. The zero-order valence-electron chi connectivity index (χ0n) is 10.6. The molecule has 18 heavy (non-hydrogen) atoms. The minimum atomic E-state index is 0.304. The van der Waals surface area contributed by atoms with E-state index in [1.165, 1.54) is 5.56 Å². The number of nitrogens with zero attached hydrogens (tertiary/aromatic N) is 1. The number of aryl methyl sites for hydroxylation is 1. The van der Waals surface area contributed by atoms with Crippen LogP contribution in [0.2, 0.25) is 0 Å². The summed E-state index contributed by atoms with van der Waals surface area (Å²) in [5, 5.41) is 4.41. The van der Waals surface area contributed by atoms with Gasteiger partial charge in [0.15, 0.2) is 0 Å². The molecule has 0 amide bonds. The average Bonchev–Trinajstić information content (AvgIpc) is 2.42. The van der Waals surface area contributed by atoms with Crippen molar-refractivity contribution in [2.45, 2.75) is 19.8 Å². The third kappa shape index (κ3) is 5.11. The maximum absolute atomic E-state index is 5.12. The molecule has 0 saturated carbocycles. The minimum absolute atomic E-state index is 0.304. The highest BCUT2D eigenvalue weighted by Crippen LogP contribution is 2.12. The van der Waals surface area contributed by atoms with Crippen molar-refractivity contribution >= 4 is 23.0 Å². The van der Waals surface area contributed by atoms with Gasteiger partial charge in [-0.15, -0.1) is 0 Å². The molecule has 1 aromatic rings. The van der Waals surface area contributed by atoms with Crippen LogP contribution in [0.5, 0.6) is 5.75 Å². The third-order valence-corrected chi connectivity index (χ3v) is 2.62. The van der Waals surface area contributed by atoms with Crippen molar-refractivity contribution in [3.05, 3.63) is 29.8 Å². The van der Waals surface area contributed by atoms with E-state index in [1.807, 2.05) is 31.2 Å². The maximum Gasteiger partial charge on any atom is 0.201 e. The Morgan fingerprint density at radius 3 is 2.61 bits per heavy atom. The quantitative estimate of drug-likeness (QED) is 0.325. The molecule has 1 aromatic carbocycles. The lowest BCUT2D eigenvalue weighted by Crippen LogP contribution is -2.37. The van der Waals surface area contributed by atoms with Crippen LogP contribution in [0.1, 0.15) is 18.9 Å². The predicted octanol–water partition coefficient (Wildman–Crippen LogP) is 1.34. The largest absolute Gasteiger partial charge is 0.497 e. The van der Waals surface area contributed by atoms with Crippen molar-refractivity contribution in [1.29, 1.82) is 0 Å². The zero-order valence-corrected chi connectivity index (χ0v) is 11.4. The Bertz CT molecular complexity index is 417. The molecule has 0 unspecified atom stereocenters. The first-order chi connectivity index (χ1) is 8.65. The van der Waals surface area contributed by atoms with Crippen LogP contribution < -0.4 is 21.4 Å². The highest BCUT2D eigenvalue weighted by molar-refractivity contribution is 7.80. The summed E-state index contributed by atoms with van der Waals surface area (Å²) >= 11 is 4.81. The first kappa shape index (κ1) is 14.4. The Labute approximate surface area is 112 Å². The molecule has 6 heteroatoms. The lowest BCUT2D eigenvalue weighted by Gasteiger charge is -2.05. The van der Waals surface area contributed by atoms with Gasteiger partial charge < -0.3 is 4.74 Å². The molecule has 0 aromatic heterocycles. The van der Waals surface area contributed by atoms with Crippen LogP contribution in [0.3, 0.4) is 0 Å². The van der Waals surface area contributed by atoms with Crippen molar-refractivity contribution in [2.75, 3.05) is 7.11 Å². The lowest BCUT2D eigenvalue weighted by atomic mass is 10.1. The smallest absolute Gasteiger partial charge is 0.201 e. The second-order valence-corrected chi connectivity index (χ2v) is 4.19. The van der Waals surface area contributed by atoms with Crippen LogP contribution in [0, 0.1) is 0 Å². The molecule has 0 radical (unpaired) electrons. The van der Waals surface area contributed by atoms with Crippen LogP contribution >= 0.6 is 12.2 Å². The monoisotopic (exact) mass is 266 g/mol. The number of hydrogen-bond donors (Lipinski definition) is 3. The SMILES string of the molecule is COc1ccc(CC/C(C)=N/NC(=S)NN)cc1. The number of hydrazine groups is 1. The van der Waals surface area contributed by atoms with Crippen molar-refractivity contribution in [3.8, 4) is 5.75 Å². The van der Waals surface area contributed by atoms with E-state index in [9.17, 15) is 0 Å². The van der Waals surface area contributed by atoms with Gasteiger partial charge in [-0.25, -0.2) is 5.84 Å². The number of hydrogen-bond acceptors (Lipinski definition) is 4. The van der Waals surface area contributed by atoms with E-state index < -0.39 is 0 Å². The van der Waals surface area contributed by atoms with Gasteiger partial charge in [-0.05, 0) is 49.7 Å². The fourth-order valence-electron chi connectivity index (χ4n) is 1.35. The van der Waals surface area contributed by atoms with Crippen LogP contribution in [0.25, 0.3) is 0 Å². The normalized spacial score (nSPS) is 10.9. The van der Waals surface area contributed by atoms with E-state index in [-0.39, 0.29) is 0 Å². The highest BCUT2D eigenvalue weighted by atomic mass is 32.1. The van der Waals surface area contributed by atoms with Crippen molar-refractivity contribution < 1.29 is 4.74 Å². The molecular formula is C12H18N4OS. The molecule has 1 rings (SSSR count). The number of thiocarbonyl (C=S) groups is 1. The van der Waals surface area contributed by atoms with Gasteiger partial charge in [0.2, 0.25) is 5.11 Å². The van der Waals surface area contributed by atoms with Crippen LogP contribution in [-0.2, 0) is 6.42 Å². The predicted molar refractivity (Wildman–Crippen MR) is 77.5 cm³/mol. The van der Waals surface area contributed by atoms with E-state index in [0.29, 0.717) is 5.11 Å². The second-order valence-electron chi connectivity index (χ2n) is 3.78. The van der Waals surface area contributed by atoms with E-state index in [4.69, 9.17) is 22.8 Å². The van der Waals surface area contributed by atoms with Gasteiger partial charge in [-0.1, -0.05) is 12.1 Å². The van der Waals surface area contributed by atoms with Crippen molar-refractivity contribution in [3.63, 3.8) is 0 Å². The number of nitrogens with two attached hydrogens (primary N) is 1. The van der Waals surface area contributed by atoms with Crippen LogP contribution in [-0.4, -0.2) is 17.9 Å². The molecule has 0 heterocycles. The first-order valence-electron chi connectivity index (χ1n) is 5.58. The highest BCUT2D eigenvalue weighted by Gasteiger charge is 1.97. The summed E-state index contributed by atoms with van der Waals surface area (Å²) in [6, 6.07) is 8.00. The number of ether oxygens (including phenoxy) is 1. The Kier molecular flexibility index (Phi) is 6.10. The van der Waals surface area contributed by atoms with Gasteiger partial charge in [0.25, 0.3) is 0 Å². The molecule has 5 nitrogen and oxygen atoms in total. The van der Waals surface area contributed by atoms with E-state index in [2.05, 4.69) is 16.0 Å². The second kappa shape index (κ2) is 7.62. The van der Waals surface area contributed by atoms with E-state index >= 15 is 0 Å². The van der Waals surface area contributed by atoms with Crippen molar-refractivity contribution in [2.24, 2.45) is 10.9 Å². The number of hydrazone groups is 1. The Morgan fingerprint density at radius 1 is 1.39 bits per heavy atom. The number of rotatable bonds is 5. The summed E-state index contributed by atoms with van der Waals surface area (Å²) in [6.45, 7) is 1.94. The Hall–Kier alpha value is -1.66. The molecule has 0 saturated heterocycles. The average molecular weight is 266 g/mol. The molecule has 0 aliphatic rings. The fraction of sp³-hybridized carbons (Fsp3) is 0.333. The van der Waals surface area contributed by atoms with Gasteiger partial charge >= 0.3 is 0 Å². The minimum Gasteiger partial charge on any atom is -0.497 e. The number of benzene rings is 1. The van der Waals surface area contributed by atoms with E-state index in [0.717, 1.165) is 24.3 Å². The summed E-state index contributed by atoms with van der Waals surface area (Å²) in [6.07, 6.45) is 1.77. The molecular weight excluding hydrogens is 248 g/mol. The summed E-state index contributed by atoms with van der Waals surface area (Å²) in [5.74, 6) is 5.98.